The monoisotopic (exact) mass is 393 g/mol. The predicted octanol–water partition coefficient (Wildman–Crippen LogP) is 4.61. The molecule has 0 spiro atoms. The van der Waals surface area contributed by atoms with Crippen LogP contribution in [0.3, 0.4) is 0 Å². The van der Waals surface area contributed by atoms with Gasteiger partial charge in [-0.05, 0) is 55.4 Å². The molecular weight excluding hydrogens is 366 g/mol. The van der Waals surface area contributed by atoms with Gasteiger partial charge >= 0.3 is 5.97 Å². The molecule has 1 heterocycles. The maximum absolute atomic E-state index is 13.3. The van der Waals surface area contributed by atoms with E-state index in [1.165, 1.54) is 12.8 Å². The van der Waals surface area contributed by atoms with Gasteiger partial charge in [0, 0.05) is 17.2 Å². The van der Waals surface area contributed by atoms with E-state index in [0.29, 0.717) is 17.9 Å². The van der Waals surface area contributed by atoms with E-state index in [2.05, 4.69) is 0 Å². The van der Waals surface area contributed by atoms with E-state index in [9.17, 15) is 14.7 Å². The summed E-state index contributed by atoms with van der Waals surface area (Å²) in [5, 5.41) is 9.68. The fraction of sp³-hybridized carbons (Fsp3) is 0.417. The Morgan fingerprint density at radius 1 is 0.966 bits per heavy atom. The van der Waals surface area contributed by atoms with Crippen LogP contribution in [0, 0.1) is 5.92 Å². The van der Waals surface area contributed by atoms with Crippen LogP contribution < -0.4 is 4.74 Å². The number of carbonyl (C=O) groups is 2. The standard InChI is InChI=1S/C24H27NO4/c1-29-22-9-5-4-8-19(22)16-10-12-18(13-11-16)23(26)25-20(17-6-2-3-7-17)14-15-21(25)24(27)28/h4-5,8-13,17,20-21H,2-3,6-7,14-15H2,1H3,(H,27,28)/t20-,21+/m1/s1. The molecular formula is C24H27NO4. The zero-order valence-electron chi connectivity index (χ0n) is 16.7. The van der Waals surface area contributed by atoms with Crippen molar-refractivity contribution in [2.75, 3.05) is 7.11 Å². The SMILES string of the molecule is COc1ccccc1-c1ccc(C(=O)N2[C@@H](C3CCCC3)CC[C@H]2C(=O)O)cc1. The highest BCUT2D eigenvalue weighted by molar-refractivity contribution is 5.97. The minimum absolute atomic E-state index is 0.0417. The molecule has 1 saturated heterocycles. The Balaban J connectivity index is 1.61. The molecule has 2 aromatic rings. The molecule has 1 aliphatic carbocycles. The molecule has 2 aromatic carbocycles. The second-order valence-corrected chi connectivity index (χ2v) is 8.03. The molecule has 0 aromatic heterocycles. The van der Waals surface area contributed by atoms with Crippen molar-refractivity contribution < 1.29 is 19.4 Å². The maximum Gasteiger partial charge on any atom is 0.326 e. The van der Waals surface area contributed by atoms with Gasteiger partial charge in [-0.15, -0.1) is 0 Å². The predicted molar refractivity (Wildman–Crippen MR) is 111 cm³/mol. The molecule has 0 radical (unpaired) electrons. The van der Waals surface area contributed by atoms with Gasteiger partial charge in [0.2, 0.25) is 0 Å². The number of carboxylic acid groups (broad SMARTS) is 1. The average molecular weight is 393 g/mol. The number of para-hydroxylation sites is 1. The van der Waals surface area contributed by atoms with Crippen LogP contribution in [0.1, 0.15) is 48.9 Å². The Bertz CT molecular complexity index is 886. The van der Waals surface area contributed by atoms with Crippen molar-refractivity contribution in [3.05, 3.63) is 54.1 Å². The molecule has 2 fully saturated rings. The molecule has 0 unspecified atom stereocenters. The summed E-state index contributed by atoms with van der Waals surface area (Å²) in [4.78, 5) is 26.8. The number of nitrogens with zero attached hydrogens (tertiary/aromatic N) is 1. The van der Waals surface area contributed by atoms with E-state index in [1.807, 2.05) is 36.4 Å². The number of aliphatic carboxylic acids is 1. The fourth-order valence-corrected chi connectivity index (χ4v) is 5.00. The lowest BCUT2D eigenvalue weighted by molar-refractivity contribution is -0.141. The number of amides is 1. The molecule has 5 heteroatoms. The number of methoxy groups -OCH3 is 1. The van der Waals surface area contributed by atoms with Crippen LogP contribution in [-0.2, 0) is 4.79 Å². The molecule has 0 bridgehead atoms. The first kappa shape index (κ1) is 19.5. The minimum atomic E-state index is -0.899. The van der Waals surface area contributed by atoms with Crippen molar-refractivity contribution in [2.24, 2.45) is 5.92 Å². The van der Waals surface area contributed by atoms with Gasteiger partial charge in [0.25, 0.3) is 5.91 Å². The number of rotatable bonds is 5. The highest BCUT2D eigenvalue weighted by atomic mass is 16.5. The first-order valence-electron chi connectivity index (χ1n) is 10.4. The van der Waals surface area contributed by atoms with Crippen molar-refractivity contribution in [1.29, 1.82) is 0 Å². The highest BCUT2D eigenvalue weighted by Crippen LogP contribution is 2.39. The van der Waals surface area contributed by atoms with Crippen molar-refractivity contribution in [3.8, 4) is 16.9 Å². The lowest BCUT2D eigenvalue weighted by Gasteiger charge is -2.32. The van der Waals surface area contributed by atoms with Crippen LogP contribution in [-0.4, -0.2) is 41.1 Å². The Morgan fingerprint density at radius 2 is 1.66 bits per heavy atom. The quantitative estimate of drug-likeness (QED) is 0.806. The van der Waals surface area contributed by atoms with E-state index in [4.69, 9.17) is 4.74 Å². The zero-order chi connectivity index (χ0) is 20.4. The summed E-state index contributed by atoms with van der Waals surface area (Å²) in [7, 11) is 1.64. The van der Waals surface area contributed by atoms with Crippen LogP contribution in [0.2, 0.25) is 0 Å². The Morgan fingerprint density at radius 3 is 2.31 bits per heavy atom. The highest BCUT2D eigenvalue weighted by Gasteiger charge is 2.44. The molecule has 29 heavy (non-hydrogen) atoms. The summed E-state index contributed by atoms with van der Waals surface area (Å²) in [5.41, 5.74) is 2.46. The molecule has 4 rings (SSSR count). The van der Waals surface area contributed by atoms with E-state index in [1.54, 1.807) is 24.1 Å². The van der Waals surface area contributed by atoms with Gasteiger partial charge in [-0.3, -0.25) is 4.79 Å². The second kappa shape index (κ2) is 8.27. The summed E-state index contributed by atoms with van der Waals surface area (Å²) >= 11 is 0. The van der Waals surface area contributed by atoms with E-state index < -0.39 is 12.0 Å². The van der Waals surface area contributed by atoms with Gasteiger partial charge in [-0.2, -0.15) is 0 Å². The van der Waals surface area contributed by atoms with Gasteiger partial charge in [0.1, 0.15) is 11.8 Å². The van der Waals surface area contributed by atoms with E-state index in [-0.39, 0.29) is 11.9 Å². The van der Waals surface area contributed by atoms with Crippen molar-refractivity contribution >= 4 is 11.9 Å². The fourth-order valence-electron chi connectivity index (χ4n) is 5.00. The number of hydrogen-bond donors (Lipinski definition) is 1. The van der Waals surface area contributed by atoms with Crippen molar-refractivity contribution in [1.82, 2.24) is 4.90 Å². The molecule has 1 saturated carbocycles. The van der Waals surface area contributed by atoms with Crippen LogP contribution in [0.5, 0.6) is 5.75 Å². The summed E-state index contributed by atoms with van der Waals surface area (Å²) in [6.07, 6.45) is 5.86. The van der Waals surface area contributed by atoms with Gasteiger partial charge in [0.15, 0.2) is 0 Å². The number of benzene rings is 2. The summed E-state index contributed by atoms with van der Waals surface area (Å²) in [6.45, 7) is 0. The first-order chi connectivity index (χ1) is 14.1. The number of hydrogen-bond acceptors (Lipinski definition) is 3. The minimum Gasteiger partial charge on any atom is -0.496 e. The first-order valence-corrected chi connectivity index (χ1v) is 10.4. The van der Waals surface area contributed by atoms with E-state index >= 15 is 0 Å². The summed E-state index contributed by atoms with van der Waals surface area (Å²) in [5.74, 6) is 0.136. The zero-order valence-corrected chi connectivity index (χ0v) is 16.7. The molecule has 2 atom stereocenters. The number of carbonyl (C=O) groups excluding carboxylic acids is 1. The van der Waals surface area contributed by atoms with Crippen LogP contribution in [0.4, 0.5) is 0 Å². The van der Waals surface area contributed by atoms with Crippen molar-refractivity contribution in [3.63, 3.8) is 0 Å². The topological polar surface area (TPSA) is 66.8 Å². The number of ether oxygens (including phenoxy) is 1. The van der Waals surface area contributed by atoms with Gasteiger partial charge in [-0.25, -0.2) is 4.79 Å². The molecule has 1 amide bonds. The third-order valence-electron chi connectivity index (χ3n) is 6.44. The average Bonchev–Trinajstić information content (AvgIpc) is 3.43. The smallest absolute Gasteiger partial charge is 0.326 e. The van der Waals surface area contributed by atoms with Crippen LogP contribution in [0.15, 0.2) is 48.5 Å². The summed E-state index contributed by atoms with van der Waals surface area (Å²) < 4.78 is 5.43. The Labute approximate surface area is 171 Å². The molecule has 1 N–H and O–H groups in total. The summed E-state index contributed by atoms with van der Waals surface area (Å²) in [6, 6.07) is 14.5. The number of carboxylic acids is 1. The lowest BCUT2D eigenvalue weighted by Crippen LogP contribution is -2.47. The largest absolute Gasteiger partial charge is 0.496 e. The molecule has 2 aliphatic rings. The Hall–Kier alpha value is -2.82. The third-order valence-corrected chi connectivity index (χ3v) is 6.44. The normalized spacial score (nSPS) is 22.0. The molecule has 1 aliphatic heterocycles. The van der Waals surface area contributed by atoms with Crippen LogP contribution in [0.25, 0.3) is 11.1 Å². The maximum atomic E-state index is 13.3. The lowest BCUT2D eigenvalue weighted by atomic mass is 9.95. The van der Waals surface area contributed by atoms with E-state index in [0.717, 1.165) is 36.1 Å². The Kier molecular flexibility index (Phi) is 5.56. The number of likely N-dealkylation sites (tertiary alicyclic amines) is 1. The second-order valence-electron chi connectivity index (χ2n) is 8.03. The van der Waals surface area contributed by atoms with Gasteiger partial charge in [-0.1, -0.05) is 43.2 Å². The third kappa shape index (κ3) is 3.74. The molecule has 5 nitrogen and oxygen atoms in total. The van der Waals surface area contributed by atoms with Gasteiger partial charge < -0.3 is 14.7 Å². The van der Waals surface area contributed by atoms with Crippen LogP contribution >= 0.6 is 0 Å². The molecule has 152 valence electrons. The van der Waals surface area contributed by atoms with Crippen molar-refractivity contribution in [2.45, 2.75) is 50.6 Å². The van der Waals surface area contributed by atoms with Gasteiger partial charge in [0.05, 0.1) is 7.11 Å².